The van der Waals surface area contributed by atoms with E-state index in [1.54, 1.807) is 24.1 Å². The molecule has 1 aliphatic carbocycles. The van der Waals surface area contributed by atoms with Gasteiger partial charge in [0.1, 0.15) is 0 Å². The van der Waals surface area contributed by atoms with Crippen molar-refractivity contribution < 1.29 is 9.72 Å². The first-order valence-electron chi connectivity index (χ1n) is 6.73. The van der Waals surface area contributed by atoms with Gasteiger partial charge in [-0.2, -0.15) is 0 Å². The zero-order valence-electron chi connectivity index (χ0n) is 11.5. The van der Waals surface area contributed by atoms with Crippen LogP contribution in [0.2, 0.25) is 0 Å². The highest BCUT2D eigenvalue weighted by molar-refractivity contribution is 5.97. The Bertz CT molecular complexity index is 507. The van der Waals surface area contributed by atoms with Crippen LogP contribution in [0.3, 0.4) is 0 Å². The van der Waals surface area contributed by atoms with Gasteiger partial charge in [0.25, 0.3) is 5.69 Å². The Morgan fingerprint density at radius 2 is 1.90 bits per heavy atom. The maximum Gasteiger partial charge on any atom is 0.269 e. The van der Waals surface area contributed by atoms with Crippen LogP contribution in [0.25, 0.3) is 0 Å². The van der Waals surface area contributed by atoms with E-state index >= 15 is 0 Å². The van der Waals surface area contributed by atoms with Crippen LogP contribution in [-0.2, 0) is 4.79 Å². The fourth-order valence-electron chi connectivity index (χ4n) is 2.83. The Balaban J connectivity index is 2.19. The number of anilines is 1. The van der Waals surface area contributed by atoms with Crippen LogP contribution in [0, 0.1) is 15.5 Å². The second kappa shape index (κ2) is 5.58. The lowest BCUT2D eigenvalue weighted by Gasteiger charge is -2.31. The van der Waals surface area contributed by atoms with Gasteiger partial charge < -0.3 is 10.6 Å². The maximum absolute atomic E-state index is 12.6. The van der Waals surface area contributed by atoms with Crippen LogP contribution in [-0.4, -0.2) is 24.4 Å². The summed E-state index contributed by atoms with van der Waals surface area (Å²) in [6.07, 6.45) is 3.69. The molecule has 1 aliphatic rings. The summed E-state index contributed by atoms with van der Waals surface area (Å²) in [5.74, 6) is 0.00588. The van der Waals surface area contributed by atoms with Crippen LogP contribution in [0.4, 0.5) is 11.4 Å². The Labute approximate surface area is 117 Å². The van der Waals surface area contributed by atoms with Gasteiger partial charge in [-0.25, -0.2) is 0 Å². The topological polar surface area (TPSA) is 89.5 Å². The van der Waals surface area contributed by atoms with Crippen molar-refractivity contribution in [2.75, 3.05) is 18.5 Å². The predicted octanol–water partition coefficient (Wildman–Crippen LogP) is 2.08. The molecule has 0 radical (unpaired) electrons. The molecule has 0 spiro atoms. The van der Waals surface area contributed by atoms with Crippen LogP contribution in [0.1, 0.15) is 25.7 Å². The molecule has 0 aliphatic heterocycles. The molecular weight excluding hydrogens is 258 g/mol. The highest BCUT2D eigenvalue weighted by atomic mass is 16.6. The number of rotatable bonds is 4. The summed E-state index contributed by atoms with van der Waals surface area (Å²) in [5.41, 5.74) is 6.02. The van der Waals surface area contributed by atoms with Gasteiger partial charge >= 0.3 is 0 Å². The summed E-state index contributed by atoms with van der Waals surface area (Å²) in [4.78, 5) is 24.4. The zero-order valence-corrected chi connectivity index (χ0v) is 11.5. The van der Waals surface area contributed by atoms with Gasteiger partial charge in [-0.3, -0.25) is 14.9 Å². The molecule has 2 rings (SSSR count). The summed E-state index contributed by atoms with van der Waals surface area (Å²) in [5, 5.41) is 10.6. The van der Waals surface area contributed by atoms with E-state index in [-0.39, 0.29) is 11.6 Å². The van der Waals surface area contributed by atoms with E-state index in [1.807, 2.05) is 0 Å². The number of nitrogens with zero attached hydrogens (tertiary/aromatic N) is 2. The van der Waals surface area contributed by atoms with Crippen molar-refractivity contribution in [2.45, 2.75) is 25.7 Å². The van der Waals surface area contributed by atoms with Gasteiger partial charge in [-0.15, -0.1) is 0 Å². The number of carbonyl (C=O) groups is 1. The molecule has 0 atom stereocenters. The molecule has 0 heterocycles. The van der Waals surface area contributed by atoms with E-state index in [1.165, 1.54) is 12.1 Å². The number of amides is 1. The molecule has 1 saturated carbocycles. The Morgan fingerprint density at radius 1 is 1.35 bits per heavy atom. The Kier molecular flexibility index (Phi) is 4.04. The molecule has 6 nitrogen and oxygen atoms in total. The molecule has 1 amide bonds. The number of non-ortho nitro benzene ring substituents is 1. The van der Waals surface area contributed by atoms with E-state index in [4.69, 9.17) is 5.73 Å². The molecule has 1 aromatic carbocycles. The molecule has 0 aromatic heterocycles. The highest BCUT2D eigenvalue weighted by Crippen LogP contribution is 2.39. The zero-order chi connectivity index (χ0) is 14.8. The molecule has 20 heavy (non-hydrogen) atoms. The fourth-order valence-corrected chi connectivity index (χ4v) is 2.83. The summed E-state index contributed by atoms with van der Waals surface area (Å²) in [6.45, 7) is 0.350. The normalized spacial score (nSPS) is 16.9. The minimum Gasteiger partial charge on any atom is -0.329 e. The molecule has 0 bridgehead atoms. The monoisotopic (exact) mass is 277 g/mol. The molecule has 1 aromatic rings. The number of hydrogen-bond donors (Lipinski definition) is 1. The molecule has 6 heteroatoms. The first kappa shape index (κ1) is 14.5. The molecule has 1 fully saturated rings. The van der Waals surface area contributed by atoms with Crippen LogP contribution in [0.5, 0.6) is 0 Å². The van der Waals surface area contributed by atoms with Crippen molar-refractivity contribution >= 4 is 17.3 Å². The van der Waals surface area contributed by atoms with Crippen LogP contribution >= 0.6 is 0 Å². The van der Waals surface area contributed by atoms with Gasteiger partial charge in [-0.1, -0.05) is 12.8 Å². The molecule has 108 valence electrons. The Morgan fingerprint density at radius 3 is 2.35 bits per heavy atom. The summed E-state index contributed by atoms with van der Waals surface area (Å²) in [6, 6.07) is 6.00. The second-order valence-corrected chi connectivity index (χ2v) is 5.33. The van der Waals surface area contributed by atoms with Crippen molar-refractivity contribution in [3.05, 3.63) is 34.4 Å². The summed E-state index contributed by atoms with van der Waals surface area (Å²) in [7, 11) is 1.69. The number of benzene rings is 1. The Hall–Kier alpha value is -1.95. The van der Waals surface area contributed by atoms with Crippen molar-refractivity contribution in [1.82, 2.24) is 0 Å². The first-order chi connectivity index (χ1) is 9.50. The largest absolute Gasteiger partial charge is 0.329 e. The van der Waals surface area contributed by atoms with E-state index in [2.05, 4.69) is 0 Å². The van der Waals surface area contributed by atoms with E-state index in [0.29, 0.717) is 12.2 Å². The van der Waals surface area contributed by atoms with Crippen molar-refractivity contribution in [2.24, 2.45) is 11.1 Å². The van der Waals surface area contributed by atoms with Crippen molar-refractivity contribution in [3.8, 4) is 0 Å². The van der Waals surface area contributed by atoms with Crippen LogP contribution < -0.4 is 10.6 Å². The quantitative estimate of drug-likeness (QED) is 0.674. The van der Waals surface area contributed by atoms with Gasteiger partial charge in [-0.05, 0) is 25.0 Å². The number of nitrogens with two attached hydrogens (primary N) is 1. The minimum absolute atomic E-state index is 0.00588. The number of nitro benzene ring substituents is 1. The van der Waals surface area contributed by atoms with Crippen LogP contribution in [0.15, 0.2) is 24.3 Å². The molecule has 2 N–H and O–H groups in total. The predicted molar refractivity (Wildman–Crippen MR) is 76.5 cm³/mol. The lowest BCUT2D eigenvalue weighted by Crippen LogP contribution is -2.45. The van der Waals surface area contributed by atoms with Crippen molar-refractivity contribution in [1.29, 1.82) is 0 Å². The average molecular weight is 277 g/mol. The van der Waals surface area contributed by atoms with E-state index in [0.717, 1.165) is 25.7 Å². The fraction of sp³-hybridized carbons (Fsp3) is 0.500. The maximum atomic E-state index is 12.6. The third kappa shape index (κ3) is 2.51. The van der Waals surface area contributed by atoms with Gasteiger partial charge in [0.05, 0.1) is 10.3 Å². The lowest BCUT2D eigenvalue weighted by molar-refractivity contribution is -0.384. The summed E-state index contributed by atoms with van der Waals surface area (Å²) < 4.78 is 0. The molecule has 0 unspecified atom stereocenters. The van der Waals surface area contributed by atoms with E-state index < -0.39 is 10.3 Å². The second-order valence-electron chi connectivity index (χ2n) is 5.33. The molecular formula is C14H19N3O3. The van der Waals surface area contributed by atoms with Gasteiger partial charge in [0.15, 0.2) is 0 Å². The highest BCUT2D eigenvalue weighted by Gasteiger charge is 2.41. The summed E-state index contributed by atoms with van der Waals surface area (Å²) >= 11 is 0. The SMILES string of the molecule is CN(C(=O)C1(CN)CCCC1)c1ccc([N+](=O)[O-])cc1. The smallest absolute Gasteiger partial charge is 0.269 e. The standard InChI is InChI=1S/C14H19N3O3/c1-16(11-4-6-12(7-5-11)17(19)20)13(18)14(10-15)8-2-3-9-14/h4-7H,2-3,8-10,15H2,1H3. The van der Waals surface area contributed by atoms with Crippen molar-refractivity contribution in [3.63, 3.8) is 0 Å². The minimum atomic E-state index is -0.462. The van der Waals surface area contributed by atoms with E-state index in [9.17, 15) is 14.9 Å². The lowest BCUT2D eigenvalue weighted by atomic mass is 9.84. The third-order valence-corrected chi connectivity index (χ3v) is 4.16. The first-order valence-corrected chi connectivity index (χ1v) is 6.73. The average Bonchev–Trinajstić information content (AvgIpc) is 2.96. The van der Waals surface area contributed by atoms with Gasteiger partial charge in [0.2, 0.25) is 5.91 Å². The molecule has 0 saturated heterocycles. The number of carbonyl (C=O) groups excluding carboxylic acids is 1. The number of hydrogen-bond acceptors (Lipinski definition) is 4. The number of nitro groups is 1. The third-order valence-electron chi connectivity index (χ3n) is 4.16. The van der Waals surface area contributed by atoms with Gasteiger partial charge in [0, 0.05) is 31.4 Å².